The predicted octanol–water partition coefficient (Wildman–Crippen LogP) is 9.87. The number of unbranched alkanes of at least 4 members (excludes halogenated alkanes) is 24. The molecule has 0 aromatic carbocycles. The summed E-state index contributed by atoms with van der Waals surface area (Å²) in [4.78, 5) is 23.5. The monoisotopic (exact) mass is 958 g/mol. The lowest BCUT2D eigenvalue weighted by Crippen LogP contribution is -2.64. The van der Waals surface area contributed by atoms with Crippen LogP contribution in [-0.4, -0.2) is 108 Å². The van der Waals surface area contributed by atoms with E-state index in [1.807, 2.05) is 0 Å². The molecule has 13 nitrogen and oxygen atoms in total. The number of aliphatic hydroxyl groups excluding tert-OH is 7. The van der Waals surface area contributed by atoms with Crippen molar-refractivity contribution in [3.05, 3.63) is 48.6 Å². The predicted molar refractivity (Wildman–Crippen MR) is 266 cm³/mol. The van der Waals surface area contributed by atoms with Crippen molar-refractivity contribution >= 4 is 13.7 Å². The molecule has 14 heteroatoms. The fraction of sp³-hybridized carbons (Fsp3) is 0.827. The van der Waals surface area contributed by atoms with Crippen molar-refractivity contribution in [2.24, 2.45) is 0 Å². The molecule has 0 radical (unpaired) electrons. The van der Waals surface area contributed by atoms with Crippen LogP contribution in [0.1, 0.15) is 213 Å². The smallest absolute Gasteiger partial charge is 0.393 e. The third kappa shape index (κ3) is 32.1. The minimum atomic E-state index is -5.16. The molecule has 8 unspecified atom stereocenters. The number of carbonyl (C=O) groups is 1. The Morgan fingerprint density at radius 2 is 0.894 bits per heavy atom. The number of carbonyl (C=O) groups excluding carboxylic acids is 1. The maximum absolute atomic E-state index is 13.0. The molecule has 1 aliphatic rings. The zero-order chi connectivity index (χ0) is 48.7. The minimum absolute atomic E-state index is 0.262. The molecule has 386 valence electrons. The van der Waals surface area contributed by atoms with Crippen LogP contribution in [0.2, 0.25) is 0 Å². The van der Waals surface area contributed by atoms with Gasteiger partial charge in [-0.05, 0) is 70.6 Å². The lowest BCUT2D eigenvalue weighted by Gasteiger charge is -2.41. The van der Waals surface area contributed by atoms with Crippen molar-refractivity contribution < 1.29 is 59.0 Å². The van der Waals surface area contributed by atoms with Crippen LogP contribution in [0.3, 0.4) is 0 Å². The second-order valence-corrected chi connectivity index (χ2v) is 19.9. The van der Waals surface area contributed by atoms with E-state index in [2.05, 4.69) is 55.6 Å². The Labute approximate surface area is 399 Å². The summed E-state index contributed by atoms with van der Waals surface area (Å²) in [5.74, 6) is -0.612. The summed E-state index contributed by atoms with van der Waals surface area (Å²) in [5, 5.41) is 74.6. The Morgan fingerprint density at radius 3 is 1.33 bits per heavy atom. The number of nitrogens with one attached hydrogen (secondary N) is 1. The molecule has 1 aliphatic carbocycles. The van der Waals surface area contributed by atoms with Crippen molar-refractivity contribution in [3.63, 3.8) is 0 Å². The summed E-state index contributed by atoms with van der Waals surface area (Å²) >= 11 is 0. The third-order valence-corrected chi connectivity index (χ3v) is 13.3. The Balaban J connectivity index is 2.48. The Hall–Kier alpha value is -1.74. The van der Waals surface area contributed by atoms with Gasteiger partial charge in [0.1, 0.15) is 36.6 Å². The Morgan fingerprint density at radius 1 is 0.530 bits per heavy atom. The highest BCUT2D eigenvalue weighted by molar-refractivity contribution is 7.47. The van der Waals surface area contributed by atoms with Gasteiger partial charge in [-0.25, -0.2) is 4.57 Å². The Kier molecular flexibility index (Phi) is 38.8. The number of allylic oxidation sites excluding steroid dienone is 7. The van der Waals surface area contributed by atoms with Gasteiger partial charge in [-0.1, -0.05) is 184 Å². The fourth-order valence-corrected chi connectivity index (χ4v) is 9.06. The lowest BCUT2D eigenvalue weighted by atomic mass is 9.85. The zero-order valence-corrected chi connectivity index (χ0v) is 42.0. The molecule has 0 spiro atoms. The van der Waals surface area contributed by atoms with E-state index in [4.69, 9.17) is 9.05 Å². The van der Waals surface area contributed by atoms with Crippen molar-refractivity contribution in [2.45, 2.75) is 268 Å². The normalized spacial score (nSPS) is 22.8. The van der Waals surface area contributed by atoms with Crippen LogP contribution in [0, 0.1) is 0 Å². The molecule has 1 fully saturated rings. The molecule has 1 amide bonds. The van der Waals surface area contributed by atoms with Crippen molar-refractivity contribution in [3.8, 4) is 0 Å². The minimum Gasteiger partial charge on any atom is -0.393 e. The van der Waals surface area contributed by atoms with E-state index in [9.17, 15) is 50.0 Å². The van der Waals surface area contributed by atoms with Gasteiger partial charge in [0.25, 0.3) is 0 Å². The van der Waals surface area contributed by atoms with Crippen LogP contribution >= 0.6 is 7.82 Å². The summed E-state index contributed by atoms with van der Waals surface area (Å²) in [5.41, 5.74) is 0. The van der Waals surface area contributed by atoms with E-state index in [1.165, 1.54) is 115 Å². The first-order valence-corrected chi connectivity index (χ1v) is 27.7. The molecule has 0 aliphatic heterocycles. The fourth-order valence-electron chi connectivity index (χ4n) is 8.09. The average Bonchev–Trinajstić information content (AvgIpc) is 3.29. The van der Waals surface area contributed by atoms with Crippen LogP contribution in [-0.2, 0) is 18.4 Å². The SMILES string of the molecule is CCCCCCC/C=C/CC/C=C/CC/C=C/C(O)C(COP(=O)(O)OC1C(O)C(O)C(O)C(O)C1O)NC(=O)CC(O)CCCCCCC/C=C\CCCCCCCCCCCCCC. The van der Waals surface area contributed by atoms with Gasteiger partial charge in [-0.2, -0.15) is 0 Å². The van der Waals surface area contributed by atoms with Gasteiger partial charge in [0, 0.05) is 0 Å². The van der Waals surface area contributed by atoms with E-state index in [-0.39, 0.29) is 6.42 Å². The van der Waals surface area contributed by atoms with Crippen molar-refractivity contribution in [1.29, 1.82) is 0 Å². The maximum atomic E-state index is 13.0. The summed E-state index contributed by atoms with van der Waals surface area (Å²) < 4.78 is 22.9. The molecule has 1 rings (SSSR count). The lowest BCUT2D eigenvalue weighted by molar-refractivity contribution is -0.220. The number of hydrogen-bond donors (Lipinski definition) is 9. The highest BCUT2D eigenvalue weighted by Gasteiger charge is 2.51. The van der Waals surface area contributed by atoms with Crippen LogP contribution in [0.5, 0.6) is 0 Å². The average molecular weight is 958 g/mol. The van der Waals surface area contributed by atoms with Gasteiger partial charge >= 0.3 is 7.82 Å². The van der Waals surface area contributed by atoms with Gasteiger partial charge in [-0.3, -0.25) is 13.8 Å². The first-order valence-electron chi connectivity index (χ1n) is 26.2. The molecule has 0 aromatic heterocycles. The molecule has 1 saturated carbocycles. The van der Waals surface area contributed by atoms with Gasteiger partial charge < -0.3 is 46.0 Å². The van der Waals surface area contributed by atoms with Gasteiger partial charge in [0.15, 0.2) is 0 Å². The highest BCUT2D eigenvalue weighted by atomic mass is 31.2. The molecule has 0 bridgehead atoms. The molecular weight excluding hydrogens is 862 g/mol. The largest absolute Gasteiger partial charge is 0.472 e. The highest BCUT2D eigenvalue weighted by Crippen LogP contribution is 2.47. The second-order valence-electron chi connectivity index (χ2n) is 18.5. The molecule has 0 heterocycles. The number of hydrogen-bond acceptors (Lipinski definition) is 11. The van der Waals surface area contributed by atoms with Crippen LogP contribution in [0.15, 0.2) is 48.6 Å². The first kappa shape index (κ1) is 62.3. The molecular formula is C52H96NO12P. The quantitative estimate of drug-likeness (QED) is 0.0158. The number of aliphatic hydroxyl groups is 7. The molecule has 9 N–H and O–H groups in total. The van der Waals surface area contributed by atoms with E-state index in [0.717, 1.165) is 64.2 Å². The van der Waals surface area contributed by atoms with Gasteiger partial charge in [-0.15, -0.1) is 0 Å². The zero-order valence-electron chi connectivity index (χ0n) is 41.1. The van der Waals surface area contributed by atoms with Crippen molar-refractivity contribution in [1.82, 2.24) is 5.32 Å². The number of amides is 1. The van der Waals surface area contributed by atoms with Gasteiger partial charge in [0.05, 0.1) is 31.3 Å². The van der Waals surface area contributed by atoms with E-state index in [1.54, 1.807) is 6.08 Å². The topological polar surface area (TPSA) is 226 Å². The molecule has 0 aromatic rings. The van der Waals surface area contributed by atoms with E-state index >= 15 is 0 Å². The van der Waals surface area contributed by atoms with Crippen LogP contribution in [0.25, 0.3) is 0 Å². The van der Waals surface area contributed by atoms with Crippen LogP contribution in [0.4, 0.5) is 0 Å². The van der Waals surface area contributed by atoms with E-state index in [0.29, 0.717) is 19.3 Å². The summed E-state index contributed by atoms with van der Waals surface area (Å²) in [6.45, 7) is 3.72. The summed E-state index contributed by atoms with van der Waals surface area (Å²) in [6, 6.07) is -1.27. The van der Waals surface area contributed by atoms with E-state index < -0.39 is 75.2 Å². The standard InChI is InChI=1S/C52H96NO12P/c1-3-5-7-9-11-13-15-17-19-20-21-22-23-24-26-27-29-31-33-35-37-39-43(54)41-46(56)53-44(42-64-66(62,63)65-52-50(60)48(58)47(57)49(59)51(52)61)45(55)40-38-36-34-32-30-28-25-18-16-14-12-10-8-6-4-2/h16,18,24,26,30,32,38,40,43-45,47-52,54-55,57-61H,3-15,17,19-23,25,27-29,31,33-37,39,41-42H2,1-2H3,(H,53,56)(H,62,63)/b18-16+,26-24-,32-30+,40-38+. The molecule has 0 saturated heterocycles. The number of phosphoric acid groups is 1. The maximum Gasteiger partial charge on any atom is 0.472 e. The number of phosphoric ester groups is 1. The van der Waals surface area contributed by atoms with Crippen molar-refractivity contribution in [2.75, 3.05) is 6.61 Å². The van der Waals surface area contributed by atoms with Gasteiger partial charge in [0.2, 0.25) is 5.91 Å². The third-order valence-electron chi connectivity index (χ3n) is 12.4. The summed E-state index contributed by atoms with van der Waals surface area (Å²) in [7, 11) is -5.16. The second kappa shape index (κ2) is 41.1. The first-order chi connectivity index (χ1) is 31.8. The molecule has 8 atom stereocenters. The summed E-state index contributed by atoms with van der Waals surface area (Å²) in [6.07, 6.45) is 36.3. The Bertz CT molecular complexity index is 1310. The number of rotatable bonds is 43. The molecule has 66 heavy (non-hydrogen) atoms. The van der Waals surface area contributed by atoms with Crippen LogP contribution < -0.4 is 5.32 Å².